The van der Waals surface area contributed by atoms with Crippen LogP contribution in [0.5, 0.6) is 0 Å². The van der Waals surface area contributed by atoms with Gasteiger partial charge >= 0.3 is 12.1 Å². The molecule has 0 aromatic rings. The van der Waals surface area contributed by atoms with Gasteiger partial charge in [0, 0.05) is 5.92 Å². The monoisotopic (exact) mass is 237 g/mol. The minimum atomic E-state index is -4.85. The van der Waals surface area contributed by atoms with E-state index in [2.05, 4.69) is 0 Å². The van der Waals surface area contributed by atoms with Crippen LogP contribution in [-0.4, -0.2) is 23.2 Å². The first-order chi connectivity index (χ1) is 7.27. The topological polar surface area (TPSA) is 66.4 Å². The summed E-state index contributed by atoms with van der Waals surface area (Å²) in [6, 6.07) is 0. The molecular formula is C9H10F3NO3. The highest BCUT2D eigenvalue weighted by Crippen LogP contribution is 2.33. The van der Waals surface area contributed by atoms with E-state index in [0.717, 1.165) is 0 Å². The Morgan fingerprint density at radius 1 is 1.56 bits per heavy atom. The molecule has 1 atom stereocenters. The lowest BCUT2D eigenvalue weighted by Crippen LogP contribution is -2.42. The van der Waals surface area contributed by atoms with E-state index in [4.69, 9.17) is 5.11 Å². The van der Waals surface area contributed by atoms with Crippen molar-refractivity contribution in [3.8, 4) is 0 Å². The van der Waals surface area contributed by atoms with Crippen LogP contribution >= 0.6 is 0 Å². The quantitative estimate of drug-likeness (QED) is 0.763. The van der Waals surface area contributed by atoms with Gasteiger partial charge in [-0.05, 0) is 12.8 Å². The number of carboxylic acids is 1. The van der Waals surface area contributed by atoms with Crippen molar-refractivity contribution < 1.29 is 27.9 Å². The number of nitrogens with one attached hydrogen (secondary N) is 1. The van der Waals surface area contributed by atoms with Gasteiger partial charge < -0.3 is 10.4 Å². The lowest BCUT2D eigenvalue weighted by atomic mass is 9.91. The van der Waals surface area contributed by atoms with E-state index >= 15 is 0 Å². The van der Waals surface area contributed by atoms with E-state index in [9.17, 15) is 22.8 Å². The molecular weight excluding hydrogens is 227 g/mol. The molecule has 0 aliphatic carbocycles. The van der Waals surface area contributed by atoms with E-state index in [1.165, 1.54) is 0 Å². The zero-order valence-corrected chi connectivity index (χ0v) is 8.39. The minimum absolute atomic E-state index is 0.299. The molecule has 1 heterocycles. The fourth-order valence-electron chi connectivity index (χ4n) is 1.51. The molecule has 1 aliphatic heterocycles. The summed E-state index contributed by atoms with van der Waals surface area (Å²) >= 11 is 0. The minimum Gasteiger partial charge on any atom is -0.478 e. The molecule has 2 N–H and O–H groups in total. The number of hydrogen-bond acceptors (Lipinski definition) is 2. The van der Waals surface area contributed by atoms with Gasteiger partial charge in [-0.1, -0.05) is 6.92 Å². The molecule has 4 nitrogen and oxygen atoms in total. The molecule has 0 aromatic heterocycles. The first kappa shape index (κ1) is 12.5. The SMILES string of the molecule is CCC1CC(C(=O)O)=C(C(F)(F)F)NC1=O. The van der Waals surface area contributed by atoms with E-state index in [1.54, 1.807) is 12.2 Å². The van der Waals surface area contributed by atoms with Gasteiger partial charge in [0.1, 0.15) is 5.70 Å². The second kappa shape index (κ2) is 4.15. The van der Waals surface area contributed by atoms with Crippen LogP contribution in [0.15, 0.2) is 11.3 Å². The smallest absolute Gasteiger partial charge is 0.431 e. The Kier molecular flexibility index (Phi) is 3.25. The second-order valence-corrected chi connectivity index (χ2v) is 3.46. The van der Waals surface area contributed by atoms with Crippen LogP contribution < -0.4 is 5.32 Å². The van der Waals surface area contributed by atoms with Crippen molar-refractivity contribution >= 4 is 11.9 Å². The Hall–Kier alpha value is -1.53. The number of hydrogen-bond donors (Lipinski definition) is 2. The highest BCUT2D eigenvalue weighted by molar-refractivity contribution is 5.93. The fourth-order valence-corrected chi connectivity index (χ4v) is 1.51. The van der Waals surface area contributed by atoms with Crippen LogP contribution in [0.25, 0.3) is 0 Å². The number of carboxylic acid groups (broad SMARTS) is 1. The summed E-state index contributed by atoms with van der Waals surface area (Å²) in [5.74, 6) is -3.14. The Morgan fingerprint density at radius 2 is 2.12 bits per heavy atom. The zero-order chi connectivity index (χ0) is 12.5. The number of aliphatic carboxylic acids is 1. The standard InChI is InChI=1S/C9H10F3NO3/c1-2-4-3-5(8(15)16)6(9(10,11)12)13-7(4)14/h4H,2-3H2,1H3,(H,13,14)(H,15,16). The number of carbonyl (C=O) groups is 2. The maximum atomic E-state index is 12.4. The average molecular weight is 237 g/mol. The molecule has 1 amide bonds. The zero-order valence-electron chi connectivity index (χ0n) is 8.39. The highest BCUT2D eigenvalue weighted by Gasteiger charge is 2.43. The summed E-state index contributed by atoms with van der Waals surface area (Å²) in [4.78, 5) is 21.9. The van der Waals surface area contributed by atoms with Gasteiger partial charge in [0.05, 0.1) is 5.57 Å². The number of carbonyl (C=O) groups excluding carboxylic acids is 1. The van der Waals surface area contributed by atoms with Crippen molar-refractivity contribution in [2.24, 2.45) is 5.92 Å². The molecule has 0 saturated heterocycles. The van der Waals surface area contributed by atoms with Gasteiger partial charge in [0.15, 0.2) is 0 Å². The van der Waals surface area contributed by atoms with Crippen molar-refractivity contribution in [2.75, 3.05) is 0 Å². The number of rotatable bonds is 2. The van der Waals surface area contributed by atoms with Crippen LogP contribution in [0.3, 0.4) is 0 Å². The van der Waals surface area contributed by atoms with E-state index in [0.29, 0.717) is 6.42 Å². The molecule has 1 aliphatic rings. The van der Waals surface area contributed by atoms with Crippen molar-refractivity contribution in [2.45, 2.75) is 25.9 Å². The average Bonchev–Trinajstić information content (AvgIpc) is 2.15. The van der Waals surface area contributed by atoms with Crippen molar-refractivity contribution in [1.82, 2.24) is 5.32 Å². The molecule has 0 spiro atoms. The summed E-state index contributed by atoms with van der Waals surface area (Å²) in [7, 11) is 0. The molecule has 0 radical (unpaired) electrons. The van der Waals surface area contributed by atoms with E-state index in [-0.39, 0.29) is 6.42 Å². The summed E-state index contributed by atoms with van der Waals surface area (Å²) in [5, 5.41) is 10.3. The first-order valence-electron chi connectivity index (χ1n) is 4.61. The maximum Gasteiger partial charge on any atom is 0.431 e. The summed E-state index contributed by atoms with van der Waals surface area (Å²) < 4.78 is 37.3. The van der Waals surface area contributed by atoms with Gasteiger partial charge in [-0.2, -0.15) is 13.2 Å². The Morgan fingerprint density at radius 3 is 2.50 bits per heavy atom. The van der Waals surface area contributed by atoms with E-state index < -0.39 is 35.2 Å². The van der Waals surface area contributed by atoms with Gasteiger partial charge in [-0.3, -0.25) is 4.79 Å². The largest absolute Gasteiger partial charge is 0.478 e. The molecule has 1 rings (SSSR count). The lowest BCUT2D eigenvalue weighted by molar-refractivity contribution is -0.138. The van der Waals surface area contributed by atoms with Crippen molar-refractivity contribution in [3.63, 3.8) is 0 Å². The van der Waals surface area contributed by atoms with Gasteiger partial charge in [0.25, 0.3) is 0 Å². The Bertz CT molecular complexity index is 360. The molecule has 0 saturated carbocycles. The Labute approximate surface area is 89.1 Å². The predicted octanol–water partition coefficient (Wildman–Crippen LogP) is 1.43. The predicted molar refractivity (Wildman–Crippen MR) is 47.3 cm³/mol. The van der Waals surface area contributed by atoms with Crippen molar-refractivity contribution in [3.05, 3.63) is 11.3 Å². The van der Waals surface area contributed by atoms with E-state index in [1.807, 2.05) is 0 Å². The third-order valence-electron chi connectivity index (χ3n) is 2.41. The van der Waals surface area contributed by atoms with Crippen LogP contribution in [0, 0.1) is 5.92 Å². The van der Waals surface area contributed by atoms with Crippen molar-refractivity contribution in [1.29, 1.82) is 0 Å². The van der Waals surface area contributed by atoms with Gasteiger partial charge in [0.2, 0.25) is 5.91 Å². The van der Waals surface area contributed by atoms with Crippen LogP contribution in [-0.2, 0) is 9.59 Å². The molecule has 0 bridgehead atoms. The number of allylic oxidation sites excluding steroid dienone is 1. The summed E-state index contributed by atoms with van der Waals surface area (Å²) in [6.07, 6.45) is -4.93. The third kappa shape index (κ3) is 2.34. The van der Waals surface area contributed by atoms with Crippen LogP contribution in [0.2, 0.25) is 0 Å². The number of halogens is 3. The molecule has 90 valence electrons. The molecule has 16 heavy (non-hydrogen) atoms. The lowest BCUT2D eigenvalue weighted by Gasteiger charge is -2.25. The maximum absolute atomic E-state index is 12.4. The van der Waals surface area contributed by atoms with Gasteiger partial charge in [-0.15, -0.1) is 0 Å². The number of amides is 1. The Balaban J connectivity index is 3.17. The third-order valence-corrected chi connectivity index (χ3v) is 2.41. The normalized spacial score (nSPS) is 22.0. The van der Waals surface area contributed by atoms with Crippen LogP contribution in [0.1, 0.15) is 19.8 Å². The number of alkyl halides is 3. The highest BCUT2D eigenvalue weighted by atomic mass is 19.4. The summed E-state index contributed by atoms with van der Waals surface area (Å²) in [6.45, 7) is 1.61. The second-order valence-electron chi connectivity index (χ2n) is 3.46. The molecule has 0 aromatic carbocycles. The molecule has 1 unspecified atom stereocenters. The first-order valence-corrected chi connectivity index (χ1v) is 4.61. The van der Waals surface area contributed by atoms with Crippen LogP contribution in [0.4, 0.5) is 13.2 Å². The molecule has 0 fully saturated rings. The fraction of sp³-hybridized carbons (Fsp3) is 0.556. The summed E-state index contributed by atoms with van der Waals surface area (Å²) in [5.41, 5.74) is -2.23. The molecule has 7 heteroatoms. The van der Waals surface area contributed by atoms with Gasteiger partial charge in [-0.25, -0.2) is 4.79 Å².